The Hall–Kier alpha value is -1.87. The molecule has 1 aromatic heterocycles. The molecule has 2 rings (SSSR count). The fraction of sp³-hybridized carbons (Fsp3) is 0.353. The average Bonchev–Trinajstić information content (AvgIpc) is 2.45. The van der Waals surface area contributed by atoms with Gasteiger partial charge < -0.3 is 10.1 Å². The highest BCUT2D eigenvalue weighted by Crippen LogP contribution is 2.14. The molecule has 1 N–H and O–H groups in total. The Morgan fingerprint density at radius 2 is 1.95 bits per heavy atom. The minimum atomic E-state index is 0.466. The molecule has 0 spiro atoms. The second-order valence-corrected chi connectivity index (χ2v) is 5.24. The van der Waals surface area contributed by atoms with E-state index in [1.807, 2.05) is 24.3 Å². The molecular weight excluding hydrogens is 248 g/mol. The third-order valence-electron chi connectivity index (χ3n) is 3.14. The zero-order chi connectivity index (χ0) is 14.4. The van der Waals surface area contributed by atoms with Gasteiger partial charge >= 0.3 is 0 Å². The number of aryl methyl sites for hydroxylation is 1. The number of pyridine rings is 1. The maximum Gasteiger partial charge on any atom is 0.138 e. The summed E-state index contributed by atoms with van der Waals surface area (Å²) in [5, 5.41) is 3.34. The maximum atomic E-state index is 5.77. The molecule has 3 heteroatoms. The normalized spacial score (nSPS) is 10.8. The van der Waals surface area contributed by atoms with Crippen molar-refractivity contribution in [1.29, 1.82) is 0 Å². The number of ether oxygens (including phenoxy) is 1. The molecule has 0 aliphatic carbocycles. The second kappa shape index (κ2) is 7.06. The SMILES string of the molecule is Cc1ccccc1COc1ccc(CNC(C)C)nc1. The predicted octanol–water partition coefficient (Wildman–Crippen LogP) is 3.47. The number of hydrogen-bond donors (Lipinski definition) is 1. The molecule has 0 saturated heterocycles. The minimum absolute atomic E-state index is 0.466. The Kier molecular flexibility index (Phi) is 5.13. The van der Waals surface area contributed by atoms with E-state index in [-0.39, 0.29) is 0 Å². The average molecular weight is 270 g/mol. The van der Waals surface area contributed by atoms with Crippen molar-refractivity contribution in [3.05, 3.63) is 59.4 Å². The van der Waals surface area contributed by atoms with Crippen LogP contribution in [0.15, 0.2) is 42.6 Å². The fourth-order valence-corrected chi connectivity index (χ4v) is 1.84. The van der Waals surface area contributed by atoms with E-state index >= 15 is 0 Å². The standard InChI is InChI=1S/C17H22N2O/c1-13(2)18-10-16-8-9-17(11-19-16)20-12-15-7-5-4-6-14(15)3/h4-9,11,13,18H,10,12H2,1-3H3. The fourth-order valence-electron chi connectivity index (χ4n) is 1.84. The third-order valence-corrected chi connectivity index (χ3v) is 3.14. The van der Waals surface area contributed by atoms with Crippen LogP contribution in [0, 0.1) is 6.92 Å². The number of aromatic nitrogens is 1. The van der Waals surface area contributed by atoms with Gasteiger partial charge in [0.2, 0.25) is 0 Å². The third kappa shape index (κ3) is 4.35. The van der Waals surface area contributed by atoms with Crippen LogP contribution in [0.25, 0.3) is 0 Å². The summed E-state index contributed by atoms with van der Waals surface area (Å²) in [6, 6.07) is 12.7. The summed E-state index contributed by atoms with van der Waals surface area (Å²) in [4.78, 5) is 4.40. The predicted molar refractivity (Wildman–Crippen MR) is 81.7 cm³/mol. The topological polar surface area (TPSA) is 34.1 Å². The molecule has 0 radical (unpaired) electrons. The Balaban J connectivity index is 1.89. The molecule has 0 atom stereocenters. The van der Waals surface area contributed by atoms with Crippen molar-refractivity contribution in [2.45, 2.75) is 40.0 Å². The summed E-state index contributed by atoms with van der Waals surface area (Å²) < 4.78 is 5.77. The van der Waals surface area contributed by atoms with Gasteiger partial charge in [-0.2, -0.15) is 0 Å². The van der Waals surface area contributed by atoms with Crippen molar-refractivity contribution in [2.24, 2.45) is 0 Å². The quantitative estimate of drug-likeness (QED) is 0.872. The number of nitrogens with one attached hydrogen (secondary N) is 1. The van der Waals surface area contributed by atoms with E-state index in [9.17, 15) is 0 Å². The van der Waals surface area contributed by atoms with Gasteiger partial charge in [-0.15, -0.1) is 0 Å². The van der Waals surface area contributed by atoms with Crippen molar-refractivity contribution in [1.82, 2.24) is 10.3 Å². The van der Waals surface area contributed by atoms with E-state index in [0.29, 0.717) is 12.6 Å². The van der Waals surface area contributed by atoms with Gasteiger partial charge in [-0.25, -0.2) is 0 Å². The first-order valence-corrected chi connectivity index (χ1v) is 7.01. The molecule has 1 heterocycles. The smallest absolute Gasteiger partial charge is 0.138 e. The highest BCUT2D eigenvalue weighted by Gasteiger charge is 2.01. The molecule has 106 valence electrons. The largest absolute Gasteiger partial charge is 0.487 e. The highest BCUT2D eigenvalue weighted by molar-refractivity contribution is 5.26. The Bertz CT molecular complexity index is 535. The van der Waals surface area contributed by atoms with Crippen LogP contribution in [0.1, 0.15) is 30.7 Å². The van der Waals surface area contributed by atoms with Crippen molar-refractivity contribution in [3.8, 4) is 5.75 Å². The van der Waals surface area contributed by atoms with Gasteiger partial charge in [-0.1, -0.05) is 38.1 Å². The van der Waals surface area contributed by atoms with Crippen molar-refractivity contribution >= 4 is 0 Å². The van der Waals surface area contributed by atoms with Crippen LogP contribution in [0.3, 0.4) is 0 Å². The zero-order valence-electron chi connectivity index (χ0n) is 12.4. The summed E-state index contributed by atoms with van der Waals surface area (Å²) in [6.45, 7) is 7.71. The Morgan fingerprint density at radius 3 is 2.60 bits per heavy atom. The number of benzene rings is 1. The monoisotopic (exact) mass is 270 g/mol. The lowest BCUT2D eigenvalue weighted by Gasteiger charge is -2.10. The van der Waals surface area contributed by atoms with Crippen LogP contribution in [-0.2, 0) is 13.2 Å². The molecule has 0 fully saturated rings. The van der Waals surface area contributed by atoms with Gasteiger partial charge in [0.05, 0.1) is 11.9 Å². The molecular formula is C17H22N2O. The molecule has 0 aliphatic rings. The van der Waals surface area contributed by atoms with E-state index in [4.69, 9.17) is 4.74 Å². The summed E-state index contributed by atoms with van der Waals surface area (Å²) in [6.07, 6.45) is 1.79. The first kappa shape index (κ1) is 14.5. The van der Waals surface area contributed by atoms with Crippen LogP contribution in [0.2, 0.25) is 0 Å². The van der Waals surface area contributed by atoms with Crippen LogP contribution >= 0.6 is 0 Å². The van der Waals surface area contributed by atoms with Crippen molar-refractivity contribution < 1.29 is 4.74 Å². The first-order chi connectivity index (χ1) is 9.65. The van der Waals surface area contributed by atoms with E-state index in [1.165, 1.54) is 11.1 Å². The molecule has 0 bridgehead atoms. The summed E-state index contributed by atoms with van der Waals surface area (Å²) >= 11 is 0. The van der Waals surface area contributed by atoms with Crippen molar-refractivity contribution in [2.75, 3.05) is 0 Å². The Labute approximate surface area is 121 Å². The molecule has 0 aliphatic heterocycles. The molecule has 3 nitrogen and oxygen atoms in total. The molecule has 0 saturated carbocycles. The summed E-state index contributed by atoms with van der Waals surface area (Å²) in [7, 11) is 0. The van der Waals surface area contributed by atoms with Crippen LogP contribution in [-0.4, -0.2) is 11.0 Å². The van der Waals surface area contributed by atoms with Gasteiger partial charge in [-0.05, 0) is 30.2 Å². The molecule has 20 heavy (non-hydrogen) atoms. The zero-order valence-corrected chi connectivity index (χ0v) is 12.4. The first-order valence-electron chi connectivity index (χ1n) is 7.01. The van der Waals surface area contributed by atoms with Crippen LogP contribution in [0.5, 0.6) is 5.75 Å². The summed E-state index contributed by atoms with van der Waals surface area (Å²) in [5.74, 6) is 0.807. The molecule has 1 aromatic carbocycles. The lowest BCUT2D eigenvalue weighted by molar-refractivity contribution is 0.304. The number of nitrogens with zero attached hydrogens (tertiary/aromatic N) is 1. The second-order valence-electron chi connectivity index (χ2n) is 5.24. The Morgan fingerprint density at radius 1 is 1.15 bits per heavy atom. The maximum absolute atomic E-state index is 5.77. The molecule has 2 aromatic rings. The van der Waals surface area contributed by atoms with Gasteiger partial charge in [0.25, 0.3) is 0 Å². The van der Waals surface area contributed by atoms with Gasteiger partial charge in [-0.3, -0.25) is 4.98 Å². The number of rotatable bonds is 6. The highest BCUT2D eigenvalue weighted by atomic mass is 16.5. The minimum Gasteiger partial charge on any atom is -0.487 e. The lowest BCUT2D eigenvalue weighted by atomic mass is 10.1. The van der Waals surface area contributed by atoms with E-state index in [0.717, 1.165) is 18.0 Å². The molecule has 0 amide bonds. The van der Waals surface area contributed by atoms with E-state index in [1.54, 1.807) is 6.20 Å². The van der Waals surface area contributed by atoms with Gasteiger partial charge in [0.15, 0.2) is 0 Å². The molecule has 0 unspecified atom stereocenters. The van der Waals surface area contributed by atoms with E-state index in [2.05, 4.69) is 43.2 Å². The number of hydrogen-bond acceptors (Lipinski definition) is 3. The summed E-state index contributed by atoms with van der Waals surface area (Å²) in [5.41, 5.74) is 3.48. The van der Waals surface area contributed by atoms with Crippen LogP contribution in [0.4, 0.5) is 0 Å². The lowest BCUT2D eigenvalue weighted by Crippen LogP contribution is -2.22. The van der Waals surface area contributed by atoms with Gasteiger partial charge in [0, 0.05) is 12.6 Å². The van der Waals surface area contributed by atoms with Gasteiger partial charge in [0.1, 0.15) is 12.4 Å². The van der Waals surface area contributed by atoms with Crippen LogP contribution < -0.4 is 10.1 Å². The van der Waals surface area contributed by atoms with Crippen molar-refractivity contribution in [3.63, 3.8) is 0 Å². The van der Waals surface area contributed by atoms with E-state index < -0.39 is 0 Å².